The van der Waals surface area contributed by atoms with Crippen molar-refractivity contribution in [3.8, 4) is 0 Å². The molecular weight excluding hydrogens is 434 g/mol. The highest BCUT2D eigenvalue weighted by Crippen LogP contribution is 2.21. The summed E-state index contributed by atoms with van der Waals surface area (Å²) in [5.74, 6) is -1.08. The number of rotatable bonds is 12. The van der Waals surface area contributed by atoms with E-state index in [4.69, 9.17) is 5.73 Å². The smallest absolute Gasteiger partial charge is 0.245 e. The summed E-state index contributed by atoms with van der Waals surface area (Å²) in [6.07, 6.45) is 12.2. The molecule has 0 aromatic rings. The highest BCUT2D eigenvalue weighted by Gasteiger charge is 2.38. The van der Waals surface area contributed by atoms with E-state index in [1.807, 2.05) is 0 Å². The second kappa shape index (κ2) is 15.7. The first-order valence-electron chi connectivity index (χ1n) is 13.3. The Morgan fingerprint density at radius 3 is 2.32 bits per heavy atom. The lowest BCUT2D eigenvalue weighted by Gasteiger charge is -2.29. The van der Waals surface area contributed by atoms with Gasteiger partial charge in [0.15, 0.2) is 0 Å². The minimum Gasteiger partial charge on any atom is -0.351 e. The highest BCUT2D eigenvalue weighted by atomic mass is 16.2. The van der Waals surface area contributed by atoms with Crippen LogP contribution in [-0.2, 0) is 19.2 Å². The van der Waals surface area contributed by atoms with E-state index in [0.717, 1.165) is 32.1 Å². The largest absolute Gasteiger partial charge is 0.351 e. The molecule has 2 fully saturated rings. The van der Waals surface area contributed by atoms with Crippen LogP contribution >= 0.6 is 0 Å². The van der Waals surface area contributed by atoms with Gasteiger partial charge in [0.2, 0.25) is 23.6 Å². The van der Waals surface area contributed by atoms with Gasteiger partial charge in [-0.2, -0.15) is 0 Å². The van der Waals surface area contributed by atoms with E-state index in [-0.39, 0.29) is 36.7 Å². The summed E-state index contributed by atoms with van der Waals surface area (Å²) >= 11 is 0. The SMILES string of the molecule is CCCCCCCCC[C@@H]1CC(=O)NCC(=O)N[C@@H](CCCCN)C(=O)N2CCC[C@H]2C(=O)N1. The lowest BCUT2D eigenvalue weighted by molar-refractivity contribution is -0.141. The number of nitrogens with one attached hydrogen (secondary N) is 3. The molecule has 9 nitrogen and oxygen atoms in total. The molecule has 2 aliphatic rings. The standard InChI is InChI=1S/C25H45N5O4/c1-2-3-4-5-6-7-8-12-19-17-22(31)27-18-23(32)29-20(13-9-10-15-26)25(34)30-16-11-14-21(30)24(33)28-19/h19-21H,2-18,26H2,1H3,(H,27,31)(H,28,33)(H,29,32)/t19-,20+,21+/m1/s1. The molecule has 0 bridgehead atoms. The quantitative estimate of drug-likeness (QED) is 0.316. The second-order valence-corrected chi connectivity index (χ2v) is 9.69. The molecule has 194 valence electrons. The predicted molar refractivity (Wildman–Crippen MR) is 132 cm³/mol. The van der Waals surface area contributed by atoms with E-state index in [0.29, 0.717) is 38.8 Å². The second-order valence-electron chi connectivity index (χ2n) is 9.69. The number of nitrogens with two attached hydrogens (primary N) is 1. The first-order chi connectivity index (χ1) is 16.5. The van der Waals surface area contributed by atoms with Crippen LogP contribution < -0.4 is 21.7 Å². The Bertz CT molecular complexity index is 672. The van der Waals surface area contributed by atoms with Gasteiger partial charge in [-0.05, 0) is 45.1 Å². The molecule has 2 aliphatic heterocycles. The van der Waals surface area contributed by atoms with Gasteiger partial charge in [0.25, 0.3) is 0 Å². The summed E-state index contributed by atoms with van der Waals surface area (Å²) in [6, 6.07) is -1.57. The molecule has 2 saturated heterocycles. The minimum atomic E-state index is -0.714. The zero-order valence-electron chi connectivity index (χ0n) is 20.9. The minimum absolute atomic E-state index is 0.134. The zero-order valence-corrected chi connectivity index (χ0v) is 20.9. The van der Waals surface area contributed by atoms with E-state index in [1.54, 1.807) is 4.90 Å². The summed E-state index contributed by atoms with van der Waals surface area (Å²) in [5.41, 5.74) is 5.58. The van der Waals surface area contributed by atoms with Crippen LogP contribution in [0.3, 0.4) is 0 Å². The number of hydrogen-bond donors (Lipinski definition) is 4. The third kappa shape index (κ3) is 9.60. The van der Waals surface area contributed by atoms with Crippen molar-refractivity contribution >= 4 is 23.6 Å². The molecule has 34 heavy (non-hydrogen) atoms. The van der Waals surface area contributed by atoms with Crippen molar-refractivity contribution in [2.45, 2.75) is 115 Å². The van der Waals surface area contributed by atoms with Crippen molar-refractivity contribution in [3.05, 3.63) is 0 Å². The van der Waals surface area contributed by atoms with Crippen LogP contribution in [0.4, 0.5) is 0 Å². The first-order valence-corrected chi connectivity index (χ1v) is 13.3. The Kier molecular flexibility index (Phi) is 13.0. The summed E-state index contributed by atoms with van der Waals surface area (Å²) < 4.78 is 0. The topological polar surface area (TPSA) is 134 Å². The summed E-state index contributed by atoms with van der Waals surface area (Å²) in [5, 5.41) is 8.47. The maximum atomic E-state index is 13.3. The lowest BCUT2D eigenvalue weighted by atomic mass is 10.0. The van der Waals surface area contributed by atoms with Crippen LogP contribution in [0.1, 0.15) is 96.8 Å². The molecule has 0 saturated carbocycles. The van der Waals surface area contributed by atoms with Crippen molar-refractivity contribution in [1.82, 2.24) is 20.9 Å². The number of fused-ring (bicyclic) bond motifs is 1. The van der Waals surface area contributed by atoms with E-state index >= 15 is 0 Å². The van der Waals surface area contributed by atoms with Gasteiger partial charge >= 0.3 is 0 Å². The molecule has 2 rings (SSSR count). The molecule has 0 radical (unpaired) electrons. The molecule has 0 spiro atoms. The van der Waals surface area contributed by atoms with E-state index in [1.165, 1.54) is 25.7 Å². The van der Waals surface area contributed by atoms with Gasteiger partial charge in [0.1, 0.15) is 12.1 Å². The van der Waals surface area contributed by atoms with Gasteiger partial charge < -0.3 is 26.6 Å². The van der Waals surface area contributed by atoms with Crippen molar-refractivity contribution in [2.75, 3.05) is 19.6 Å². The Hall–Kier alpha value is -2.16. The van der Waals surface area contributed by atoms with Gasteiger partial charge in [-0.1, -0.05) is 51.9 Å². The number of carbonyl (C=O) groups excluding carboxylic acids is 4. The molecular formula is C25H45N5O4. The third-order valence-corrected chi connectivity index (χ3v) is 6.80. The molecule has 0 aromatic carbocycles. The van der Waals surface area contributed by atoms with Crippen molar-refractivity contribution < 1.29 is 19.2 Å². The van der Waals surface area contributed by atoms with Crippen molar-refractivity contribution in [3.63, 3.8) is 0 Å². The molecule has 0 aromatic heterocycles. The fourth-order valence-electron chi connectivity index (χ4n) is 4.84. The lowest BCUT2D eigenvalue weighted by Crippen LogP contribution is -2.54. The van der Waals surface area contributed by atoms with Crippen LogP contribution in [0.2, 0.25) is 0 Å². The highest BCUT2D eigenvalue weighted by molar-refractivity contribution is 5.94. The number of nitrogens with zero attached hydrogens (tertiary/aromatic N) is 1. The average Bonchev–Trinajstić information content (AvgIpc) is 3.31. The Morgan fingerprint density at radius 2 is 1.59 bits per heavy atom. The summed E-state index contributed by atoms with van der Waals surface area (Å²) in [6.45, 7) is 3.03. The Balaban J connectivity index is 2.04. The third-order valence-electron chi connectivity index (χ3n) is 6.80. The Labute approximate surface area is 204 Å². The van der Waals surface area contributed by atoms with Crippen LogP contribution in [0.25, 0.3) is 0 Å². The van der Waals surface area contributed by atoms with E-state index < -0.39 is 18.0 Å². The first kappa shape index (κ1) is 28.1. The van der Waals surface area contributed by atoms with Gasteiger partial charge in [0.05, 0.1) is 6.54 Å². The predicted octanol–water partition coefficient (Wildman–Crippen LogP) is 1.74. The van der Waals surface area contributed by atoms with Crippen LogP contribution in [0.5, 0.6) is 0 Å². The molecule has 0 aliphatic carbocycles. The van der Waals surface area contributed by atoms with Crippen LogP contribution in [0.15, 0.2) is 0 Å². The van der Waals surface area contributed by atoms with E-state index in [9.17, 15) is 19.2 Å². The molecule has 5 N–H and O–H groups in total. The van der Waals surface area contributed by atoms with Crippen molar-refractivity contribution in [1.29, 1.82) is 0 Å². The maximum absolute atomic E-state index is 13.3. The number of unbranched alkanes of at least 4 members (excludes halogenated alkanes) is 7. The maximum Gasteiger partial charge on any atom is 0.245 e. The normalized spacial score (nSPS) is 24.4. The van der Waals surface area contributed by atoms with Gasteiger partial charge in [-0.3, -0.25) is 19.2 Å². The van der Waals surface area contributed by atoms with Crippen LogP contribution in [-0.4, -0.2) is 66.3 Å². The number of carbonyl (C=O) groups is 4. The molecule has 9 heteroatoms. The summed E-state index contributed by atoms with van der Waals surface area (Å²) in [7, 11) is 0. The van der Waals surface area contributed by atoms with Gasteiger partial charge in [-0.15, -0.1) is 0 Å². The fourth-order valence-corrected chi connectivity index (χ4v) is 4.84. The monoisotopic (exact) mass is 479 g/mol. The fraction of sp³-hybridized carbons (Fsp3) is 0.840. The van der Waals surface area contributed by atoms with Gasteiger partial charge in [-0.25, -0.2) is 0 Å². The summed E-state index contributed by atoms with van der Waals surface area (Å²) in [4.78, 5) is 53.0. The van der Waals surface area contributed by atoms with E-state index in [2.05, 4.69) is 22.9 Å². The number of hydrogen-bond acceptors (Lipinski definition) is 5. The Morgan fingerprint density at radius 1 is 0.882 bits per heavy atom. The zero-order chi connectivity index (χ0) is 24.8. The molecule has 3 atom stereocenters. The molecule has 2 heterocycles. The average molecular weight is 480 g/mol. The van der Waals surface area contributed by atoms with Crippen LogP contribution in [0, 0.1) is 0 Å². The van der Waals surface area contributed by atoms with Gasteiger partial charge in [0, 0.05) is 19.0 Å². The van der Waals surface area contributed by atoms with Crippen molar-refractivity contribution in [2.24, 2.45) is 5.73 Å². The molecule has 0 unspecified atom stereocenters. The number of amides is 4. The molecule has 4 amide bonds.